The first kappa shape index (κ1) is 11.4. The molecule has 1 heterocycles. The summed E-state index contributed by atoms with van der Waals surface area (Å²) in [5, 5.41) is 1.74. The molecule has 1 fully saturated rings. The van der Waals surface area contributed by atoms with Crippen LogP contribution in [0.1, 0.15) is 26.7 Å². The summed E-state index contributed by atoms with van der Waals surface area (Å²) < 4.78 is 0. The fraction of sp³-hybridized carbons (Fsp3) is 0.875. The molecule has 0 nitrogen and oxygen atoms in total. The van der Waals surface area contributed by atoms with Crippen molar-refractivity contribution in [3.05, 3.63) is 0 Å². The maximum Gasteiger partial charge on any atom is 0 e. The molecule has 1 radical (unpaired) electrons. The zero-order valence-corrected chi connectivity index (χ0v) is 11.1. The van der Waals surface area contributed by atoms with Gasteiger partial charge in [0.05, 0.1) is 0 Å². The summed E-state index contributed by atoms with van der Waals surface area (Å²) in [6.07, 6.45) is 6.07. The fourth-order valence-electron chi connectivity index (χ4n) is 1.48. The van der Waals surface area contributed by atoms with Crippen molar-refractivity contribution in [3.63, 3.8) is 0 Å². The smallest absolute Gasteiger partial charge is 0 e. The van der Waals surface area contributed by atoms with Gasteiger partial charge in [0.2, 0.25) is 0 Å². The van der Waals surface area contributed by atoms with Crippen LogP contribution in [0.25, 0.3) is 0 Å². The Morgan fingerprint density at radius 1 is 1.10 bits per heavy atom. The van der Waals surface area contributed by atoms with Crippen LogP contribution in [0.3, 0.4) is 0 Å². The maximum atomic E-state index is 2.51. The largest absolute Gasteiger partial charge is 0.109 e. The molecule has 0 bridgehead atoms. The first-order valence-corrected chi connectivity index (χ1v) is 6.41. The van der Waals surface area contributed by atoms with Crippen molar-refractivity contribution < 1.29 is 32.7 Å². The van der Waals surface area contributed by atoms with E-state index in [0.29, 0.717) is 0 Å². The van der Waals surface area contributed by atoms with E-state index in [4.69, 9.17) is 0 Å². The van der Waals surface area contributed by atoms with Gasteiger partial charge in [-0.2, -0.15) is 0 Å². The molecule has 10 heavy (non-hydrogen) atoms. The van der Waals surface area contributed by atoms with Gasteiger partial charge in [0.1, 0.15) is 0 Å². The van der Waals surface area contributed by atoms with Gasteiger partial charge in [-0.15, -0.1) is 6.89 Å². The van der Waals surface area contributed by atoms with Crippen molar-refractivity contribution in [3.8, 4) is 0 Å². The maximum absolute atomic E-state index is 2.51. The van der Waals surface area contributed by atoms with Gasteiger partial charge in [0.15, 0.2) is 0 Å². The minimum absolute atomic E-state index is 0. The molecule has 0 aromatic carbocycles. The third-order valence-electron chi connectivity index (χ3n) is 2.63. The Hall–Kier alpha value is 1.40. The van der Waals surface area contributed by atoms with E-state index in [1.54, 1.807) is 5.29 Å². The Balaban J connectivity index is 0.000000810. The molecule has 0 aromatic rings. The molecular weight excluding hydrogens is 216 g/mol. The zero-order valence-electron chi connectivity index (χ0n) is 7.35. The summed E-state index contributed by atoms with van der Waals surface area (Å²) in [6.45, 7) is 6.67. The van der Waals surface area contributed by atoms with Crippen LogP contribution in [0.4, 0.5) is 0 Å². The van der Waals surface area contributed by atoms with Crippen molar-refractivity contribution in [2.24, 2.45) is 0 Å². The molecule has 0 N–H and O–H groups in total. The van der Waals surface area contributed by atoms with Gasteiger partial charge in [0, 0.05) is 32.7 Å². The minimum Gasteiger partial charge on any atom is -0.109 e. The van der Waals surface area contributed by atoms with E-state index in [2.05, 4.69) is 20.5 Å². The van der Waals surface area contributed by atoms with Crippen LogP contribution in [-0.2, 0) is 32.7 Å². The van der Waals surface area contributed by atoms with Gasteiger partial charge in [-0.25, -0.2) is 0 Å². The second kappa shape index (κ2) is 4.43. The number of hydrogen-bond donors (Lipinski definition) is 0. The Kier molecular flexibility index (Phi) is 5.06. The predicted molar refractivity (Wildman–Crippen MR) is 48.2 cm³/mol. The number of rotatable bonds is 0. The van der Waals surface area contributed by atoms with E-state index < -0.39 is 6.89 Å². The third kappa shape index (κ3) is 2.47. The first-order chi connectivity index (χ1) is 4.15. The van der Waals surface area contributed by atoms with E-state index in [9.17, 15) is 0 Å². The summed E-state index contributed by atoms with van der Waals surface area (Å²) in [5.41, 5.74) is 0. The molecule has 1 aliphatic rings. The van der Waals surface area contributed by atoms with Crippen molar-refractivity contribution in [1.82, 2.24) is 0 Å². The molecule has 0 amide bonds. The first-order valence-electron chi connectivity index (χ1n) is 3.80. The summed E-state index contributed by atoms with van der Waals surface area (Å²) in [7, 11) is 0. The van der Waals surface area contributed by atoms with Crippen LogP contribution in [0, 0.1) is 0 Å². The summed E-state index contributed by atoms with van der Waals surface area (Å²) in [4.78, 5) is 0. The molecule has 1 rings (SSSR count). The van der Waals surface area contributed by atoms with Crippen molar-refractivity contribution in [2.45, 2.75) is 26.7 Å². The van der Waals surface area contributed by atoms with E-state index >= 15 is 0 Å². The number of hydrogen-bond acceptors (Lipinski definition) is 0. The molecule has 0 saturated carbocycles. The van der Waals surface area contributed by atoms with E-state index in [-0.39, 0.29) is 32.7 Å². The van der Waals surface area contributed by atoms with Gasteiger partial charge in [0.25, 0.3) is 0 Å². The van der Waals surface area contributed by atoms with Crippen LogP contribution in [0.5, 0.6) is 0 Å². The summed E-state index contributed by atoms with van der Waals surface area (Å²) in [6, 6.07) is 0. The van der Waals surface area contributed by atoms with Crippen LogP contribution < -0.4 is 0 Å². The van der Waals surface area contributed by atoms with Crippen LogP contribution in [0.15, 0.2) is 0 Å². The molecule has 0 aromatic heterocycles. The van der Waals surface area contributed by atoms with E-state index in [1.165, 1.54) is 25.2 Å². The van der Waals surface area contributed by atoms with Gasteiger partial charge in [-0.1, -0.05) is 5.29 Å². The van der Waals surface area contributed by atoms with E-state index in [0.717, 1.165) is 0 Å². The molecule has 57 valence electrons. The van der Waals surface area contributed by atoms with Crippen LogP contribution in [-0.4, -0.2) is 24.3 Å². The molecular formula is C8H17PY. The molecule has 0 atom stereocenters. The predicted octanol–water partition coefficient (Wildman–Crippen LogP) is 2.64. The SMILES string of the molecule is CC(C)=P1(C)CCCC1.[Y]. The standard InChI is InChI=1S/C8H17P.Y/c1-8(2)9(3)6-4-5-7-9;/h4-7H2,1-3H3;. The second-order valence-corrected chi connectivity index (χ2v) is 8.08. The molecule has 0 spiro atoms. The van der Waals surface area contributed by atoms with Crippen LogP contribution in [0.2, 0.25) is 0 Å². The molecule has 2 heteroatoms. The van der Waals surface area contributed by atoms with Gasteiger partial charge in [-0.3, -0.25) is 0 Å². The molecule has 0 unspecified atom stereocenters. The van der Waals surface area contributed by atoms with Gasteiger partial charge < -0.3 is 0 Å². The van der Waals surface area contributed by atoms with Crippen molar-refractivity contribution in [1.29, 1.82) is 0 Å². The quantitative estimate of drug-likeness (QED) is 0.564. The summed E-state index contributed by atoms with van der Waals surface area (Å²) >= 11 is 0. The monoisotopic (exact) mass is 233 g/mol. The average Bonchev–Trinajstić information content (AvgIpc) is 2.16. The average molecular weight is 233 g/mol. The topological polar surface area (TPSA) is 0 Å². The molecule has 0 aliphatic carbocycles. The zero-order chi connectivity index (χ0) is 6.91. The van der Waals surface area contributed by atoms with Gasteiger partial charge in [-0.05, 0) is 45.7 Å². The Morgan fingerprint density at radius 2 is 1.50 bits per heavy atom. The van der Waals surface area contributed by atoms with Gasteiger partial charge >= 0.3 is 0 Å². The Labute approximate surface area is 90.0 Å². The minimum atomic E-state index is -0.475. The second-order valence-electron chi connectivity index (χ2n) is 3.50. The van der Waals surface area contributed by atoms with Crippen molar-refractivity contribution >= 4 is 12.2 Å². The Bertz CT molecular complexity index is 147. The molecule has 1 aliphatic heterocycles. The normalized spacial score (nSPS) is 21.9. The van der Waals surface area contributed by atoms with Crippen molar-refractivity contribution in [2.75, 3.05) is 19.0 Å². The molecule has 1 saturated heterocycles. The third-order valence-corrected chi connectivity index (χ3v) is 7.40. The van der Waals surface area contributed by atoms with Crippen LogP contribution >= 0.6 is 6.89 Å². The van der Waals surface area contributed by atoms with E-state index in [1.807, 2.05) is 0 Å². The fourth-order valence-corrected chi connectivity index (χ4v) is 4.44. The summed E-state index contributed by atoms with van der Waals surface area (Å²) in [5.74, 6) is 0. The Morgan fingerprint density at radius 3 is 1.70 bits per heavy atom.